The second kappa shape index (κ2) is 28.7. The molecule has 0 bridgehead atoms. The van der Waals surface area contributed by atoms with Gasteiger partial charge in [0.25, 0.3) is 17.7 Å². The number of benzene rings is 2. The maximum atomic E-state index is 15.9. The van der Waals surface area contributed by atoms with E-state index in [1.54, 1.807) is 12.1 Å². The molecule has 2 aromatic rings. The van der Waals surface area contributed by atoms with Gasteiger partial charge in [0.1, 0.15) is 29.5 Å². The number of carbonyl (C=O) groups is 8. The number of likely N-dealkylation sites (N-methyl/N-ethyl adjacent to an activating group) is 3. The molecule has 0 unspecified atom stereocenters. The van der Waals surface area contributed by atoms with Gasteiger partial charge in [-0.1, -0.05) is 56.9 Å². The van der Waals surface area contributed by atoms with Crippen LogP contribution in [0, 0.1) is 17.8 Å². The number of nitrogens with zero attached hydrogens (tertiary/aromatic N) is 5. The molecule has 4 fully saturated rings. The van der Waals surface area contributed by atoms with Gasteiger partial charge in [-0.15, -0.1) is 0 Å². The summed E-state index contributed by atoms with van der Waals surface area (Å²) in [5.41, 5.74) is -0.812. The smallest absolute Gasteiger partial charge is 0.344 e. The summed E-state index contributed by atoms with van der Waals surface area (Å²) in [6.07, 6.45) is -4.04. The second-order valence-electron chi connectivity index (χ2n) is 23.8. The Balaban J connectivity index is 1.22. The highest BCUT2D eigenvalue weighted by Crippen LogP contribution is 2.37. The first kappa shape index (κ1) is 64.7. The fourth-order valence-corrected chi connectivity index (χ4v) is 10.2. The Hall–Kier alpha value is -6.42. The molecule has 0 spiro atoms. The Morgan fingerprint density at radius 1 is 0.537 bits per heavy atom. The van der Waals surface area contributed by atoms with E-state index < -0.39 is 114 Å². The van der Waals surface area contributed by atoms with Gasteiger partial charge in [0.05, 0.1) is 32.3 Å². The number of alkyl halides is 2. The number of aliphatic carboxylic acids is 1. The molecule has 8 atom stereocenters. The van der Waals surface area contributed by atoms with E-state index in [1.165, 1.54) is 69.6 Å². The molecule has 0 aromatic heterocycles. The van der Waals surface area contributed by atoms with Gasteiger partial charge >= 0.3 is 29.8 Å². The molecule has 2 saturated heterocycles. The average Bonchev–Trinajstić information content (AvgIpc) is 4.48. The summed E-state index contributed by atoms with van der Waals surface area (Å²) in [6.45, 7) is 14.0. The van der Waals surface area contributed by atoms with Crippen LogP contribution in [0.2, 0.25) is 0 Å². The van der Waals surface area contributed by atoms with Crippen molar-refractivity contribution in [3.8, 4) is 0 Å². The van der Waals surface area contributed by atoms with Gasteiger partial charge in [0.2, 0.25) is 0 Å². The minimum absolute atomic E-state index is 0.0216. The Bertz CT molecular complexity index is 2520. The lowest BCUT2D eigenvalue weighted by Gasteiger charge is -2.34. The van der Waals surface area contributed by atoms with Gasteiger partial charge in [-0.05, 0) is 108 Å². The largest absolute Gasteiger partial charge is 0.479 e. The molecule has 454 valence electrons. The van der Waals surface area contributed by atoms with Gasteiger partial charge < -0.3 is 58.0 Å². The van der Waals surface area contributed by atoms with Crippen LogP contribution in [0.5, 0.6) is 0 Å². The Labute approximate surface area is 480 Å². The zero-order chi connectivity index (χ0) is 60.2. The van der Waals surface area contributed by atoms with Crippen LogP contribution in [0.4, 0.5) is 20.2 Å². The van der Waals surface area contributed by atoms with Crippen molar-refractivity contribution in [2.75, 3.05) is 83.5 Å². The van der Waals surface area contributed by atoms with Crippen LogP contribution in [-0.2, 0) is 79.6 Å². The molecule has 2 saturated carbocycles. The van der Waals surface area contributed by atoms with Gasteiger partial charge in [0.15, 0.2) is 24.4 Å². The second-order valence-corrected chi connectivity index (χ2v) is 23.8. The summed E-state index contributed by atoms with van der Waals surface area (Å²) >= 11 is 0. The zero-order valence-electron chi connectivity index (χ0n) is 49.3. The highest BCUT2D eigenvalue weighted by atomic mass is 19.1. The lowest BCUT2D eigenvalue weighted by molar-refractivity contribution is -0.175. The topological polar surface area (TPSA) is 228 Å². The molecule has 2 aliphatic carbocycles. The van der Waals surface area contributed by atoms with Crippen molar-refractivity contribution < 1.29 is 80.7 Å². The number of esters is 4. The number of carboxylic acids is 1. The molecule has 2 aliphatic heterocycles. The number of morpholine rings is 2. The first-order chi connectivity index (χ1) is 38.6. The summed E-state index contributed by atoms with van der Waals surface area (Å²) in [4.78, 5) is 119. The fourth-order valence-electron chi connectivity index (χ4n) is 10.2. The molecule has 4 aliphatic rings. The summed E-state index contributed by atoms with van der Waals surface area (Å²) in [5.74, 6) is -8.70. The molecule has 82 heavy (non-hydrogen) atoms. The lowest BCUT2D eigenvalue weighted by Crippen LogP contribution is -2.54. The van der Waals surface area contributed by atoms with E-state index >= 15 is 4.39 Å². The number of carbonyl (C=O) groups excluding carboxylic acids is 7. The van der Waals surface area contributed by atoms with Gasteiger partial charge in [0, 0.05) is 78.0 Å². The Morgan fingerprint density at radius 2 is 0.890 bits per heavy atom. The SMILES string of the molecule is C[C@@H](CC(C)(C)F)C(=O)O[C@H](Cc1ccc(N2CCOCC2)cc1)C(=O)N(C)[C@@H](CC1CC1)C(=O)O[C@H](C)C(=O)N(C)[C@@H](CC(C)(C)F)C(=O)O[C@H](Cc1ccc(N2CCOCC2)cc1)C(=O)N(C)[C@@H](CC1CC1)C(=O)O[C@H](C)C(=O)O. The molecular weight excluding hydrogens is 1070 g/mol. The molecule has 6 rings (SSSR count). The predicted molar refractivity (Wildman–Crippen MR) is 298 cm³/mol. The third kappa shape index (κ3) is 19.3. The van der Waals surface area contributed by atoms with Crippen molar-refractivity contribution in [3.63, 3.8) is 0 Å². The van der Waals surface area contributed by atoms with Crippen molar-refractivity contribution in [2.24, 2.45) is 17.8 Å². The molecule has 3 amide bonds. The lowest BCUT2D eigenvalue weighted by atomic mass is 9.96. The van der Waals surface area contributed by atoms with Gasteiger partial charge in [-0.2, -0.15) is 0 Å². The van der Waals surface area contributed by atoms with Gasteiger partial charge in [-0.3, -0.25) is 19.2 Å². The van der Waals surface area contributed by atoms with Crippen LogP contribution in [0.15, 0.2) is 48.5 Å². The summed E-state index contributed by atoms with van der Waals surface area (Å²) in [7, 11) is 3.91. The van der Waals surface area contributed by atoms with E-state index in [-0.39, 0.29) is 43.9 Å². The Morgan fingerprint density at radius 3 is 1.26 bits per heavy atom. The normalized spacial score (nSPS) is 18.7. The van der Waals surface area contributed by atoms with E-state index in [1.807, 2.05) is 36.4 Å². The number of ether oxygens (including phenoxy) is 6. The zero-order valence-corrected chi connectivity index (χ0v) is 49.3. The quantitative estimate of drug-likeness (QED) is 0.0737. The van der Waals surface area contributed by atoms with Crippen molar-refractivity contribution in [1.82, 2.24) is 14.7 Å². The third-order valence-corrected chi connectivity index (χ3v) is 15.5. The van der Waals surface area contributed by atoms with Crippen LogP contribution in [0.1, 0.15) is 111 Å². The number of rotatable bonds is 29. The minimum Gasteiger partial charge on any atom is -0.479 e. The molecule has 20 nitrogen and oxygen atoms in total. The van der Waals surface area contributed by atoms with Crippen molar-refractivity contribution in [1.29, 1.82) is 0 Å². The first-order valence-electron chi connectivity index (χ1n) is 28.6. The van der Waals surface area contributed by atoms with Crippen LogP contribution < -0.4 is 9.80 Å². The number of anilines is 2. The number of hydrogen-bond donors (Lipinski definition) is 1. The molecule has 1 N–H and O–H groups in total. The van der Waals surface area contributed by atoms with E-state index in [4.69, 9.17) is 28.4 Å². The Kier molecular flexibility index (Phi) is 22.7. The van der Waals surface area contributed by atoms with Gasteiger partial charge in [-0.25, -0.2) is 28.0 Å². The van der Waals surface area contributed by atoms with Crippen LogP contribution in [-0.4, -0.2) is 195 Å². The first-order valence-corrected chi connectivity index (χ1v) is 28.6. The van der Waals surface area contributed by atoms with E-state index in [2.05, 4.69) is 9.80 Å². The highest BCUT2D eigenvalue weighted by Gasteiger charge is 2.44. The maximum Gasteiger partial charge on any atom is 0.344 e. The molecule has 2 heterocycles. The highest BCUT2D eigenvalue weighted by molar-refractivity contribution is 5.93. The van der Waals surface area contributed by atoms with Crippen molar-refractivity contribution in [2.45, 2.75) is 167 Å². The van der Waals surface area contributed by atoms with Crippen molar-refractivity contribution in [3.05, 3.63) is 59.7 Å². The standard InChI is InChI=1S/C60H85F2N5O15/c1-37(35-59(4,5)61)55(73)81-49(33-42-15-19-44(20-16-42)66-23-27-77-28-24-66)52(69)63(8)46(31-40-11-12-40)56(74)79-38(2)51(68)65(10)48(36-60(6,7)62)58(76)82-50(34-43-17-21-45(22-18-43)67-25-29-78-30-26-67)53(70)64(9)47(32-41-13-14-41)57(75)80-39(3)54(71)72/h15-22,37-41,46-50H,11-14,23-36H2,1-10H3,(H,71,72)/t37-,38+,39+,46-,47-,48-,49+,50+/m0/s1. The minimum atomic E-state index is -2.12. The van der Waals surface area contributed by atoms with Crippen LogP contribution >= 0.6 is 0 Å². The van der Waals surface area contributed by atoms with E-state index in [0.717, 1.165) is 51.8 Å². The molecular formula is C60H85F2N5O15. The maximum absolute atomic E-state index is 15.9. The molecule has 0 radical (unpaired) electrons. The molecule has 22 heteroatoms. The fraction of sp³-hybridized carbons (Fsp3) is 0.667. The number of hydrogen-bond acceptors (Lipinski definition) is 16. The number of amides is 3. The predicted octanol–water partition coefficient (Wildman–Crippen LogP) is 5.91. The summed E-state index contributed by atoms with van der Waals surface area (Å²) < 4.78 is 64.6. The molecule has 2 aromatic carbocycles. The van der Waals surface area contributed by atoms with Crippen molar-refractivity contribution >= 4 is 58.9 Å². The average molecular weight is 1150 g/mol. The van der Waals surface area contributed by atoms with E-state index in [0.29, 0.717) is 63.7 Å². The summed E-state index contributed by atoms with van der Waals surface area (Å²) in [5, 5.41) is 9.52. The number of halogens is 2. The summed E-state index contributed by atoms with van der Waals surface area (Å²) in [6, 6.07) is 10.4. The third-order valence-electron chi connectivity index (χ3n) is 15.5. The van der Waals surface area contributed by atoms with E-state index in [9.17, 15) is 47.9 Å². The number of carboxylic acid groups (broad SMARTS) is 1. The monoisotopic (exact) mass is 1150 g/mol. The van der Waals surface area contributed by atoms with Crippen LogP contribution in [0.3, 0.4) is 0 Å². The van der Waals surface area contributed by atoms with Crippen LogP contribution in [0.25, 0.3) is 0 Å².